The second kappa shape index (κ2) is 26.5. The first-order valence-electron chi connectivity index (χ1n) is 20.9. The molecule has 0 aliphatic carbocycles. The highest BCUT2D eigenvalue weighted by Gasteiger charge is 2.47. The molecule has 4 heterocycles. The summed E-state index contributed by atoms with van der Waals surface area (Å²) in [7, 11) is 0. The lowest BCUT2D eigenvalue weighted by atomic mass is 9.99. The average Bonchev–Trinajstić information content (AvgIpc) is 3.31. The van der Waals surface area contributed by atoms with Crippen LogP contribution < -0.4 is 37.2 Å². The van der Waals surface area contributed by atoms with Crippen LogP contribution in [0.2, 0.25) is 0 Å². The van der Waals surface area contributed by atoms with E-state index in [0.29, 0.717) is 0 Å². The number of ether oxygens (including phenoxy) is 6. The number of carbonyl (C=O) groups excluding carboxylic acids is 7. The molecule has 19 N–H and O–H groups in total. The first kappa shape index (κ1) is 56.2. The normalized spacial score (nSPS) is 37.9. The summed E-state index contributed by atoms with van der Waals surface area (Å²) in [5.41, 5.74) is 0. The third-order valence-corrected chi connectivity index (χ3v) is 10.8. The molecule has 0 aromatic rings. The molecule has 0 aromatic heterocycles. The van der Waals surface area contributed by atoms with Gasteiger partial charge in [-0.05, 0) is 0 Å². The van der Waals surface area contributed by atoms with Crippen LogP contribution in [0.25, 0.3) is 0 Å². The lowest BCUT2D eigenvalue weighted by Crippen LogP contribution is -2.61. The summed E-state index contributed by atoms with van der Waals surface area (Å²) in [4.78, 5) is 92.4. The van der Waals surface area contributed by atoms with Crippen LogP contribution in [0.5, 0.6) is 0 Å². The highest BCUT2D eigenvalue weighted by atomic mass is 16.7. The molecule has 32 heteroatoms. The van der Waals surface area contributed by atoms with E-state index >= 15 is 0 Å². The van der Waals surface area contributed by atoms with E-state index in [1.54, 1.807) is 0 Å². The smallest absolute Gasteiger partial charge is 0.246 e. The van der Waals surface area contributed by atoms with E-state index in [0.717, 1.165) is 0 Å². The fourth-order valence-corrected chi connectivity index (χ4v) is 6.80. The molecule has 7 amide bonds. The summed E-state index contributed by atoms with van der Waals surface area (Å²) in [5.74, 6) is -7.37. The van der Waals surface area contributed by atoms with Crippen molar-refractivity contribution in [2.45, 2.75) is 117 Å². The van der Waals surface area contributed by atoms with E-state index in [1.807, 2.05) is 0 Å². The summed E-state index contributed by atoms with van der Waals surface area (Å²) in [6.45, 7) is -8.10. The van der Waals surface area contributed by atoms with Crippen molar-refractivity contribution in [3.63, 3.8) is 0 Å². The lowest BCUT2D eigenvalue weighted by Gasteiger charge is -2.39. The van der Waals surface area contributed by atoms with Gasteiger partial charge in [-0.1, -0.05) is 0 Å². The quantitative estimate of drug-likeness (QED) is 0.0724. The maximum Gasteiger partial charge on any atom is 0.246 e. The summed E-state index contributed by atoms with van der Waals surface area (Å²) in [6.07, 6.45) is -26.5. The Labute approximate surface area is 384 Å². The van der Waals surface area contributed by atoms with Gasteiger partial charge in [-0.3, -0.25) is 33.6 Å². The molecule has 4 rings (SSSR count). The van der Waals surface area contributed by atoms with E-state index in [-0.39, 0.29) is 0 Å². The minimum Gasteiger partial charge on any atom is -0.394 e. The van der Waals surface area contributed by atoms with Gasteiger partial charge in [-0.2, -0.15) is 0 Å². The first-order valence-corrected chi connectivity index (χ1v) is 20.9. The maximum absolute atomic E-state index is 13.7. The van der Waals surface area contributed by atoms with Crippen molar-refractivity contribution in [3.05, 3.63) is 0 Å². The number of amides is 7. The Hall–Kier alpha value is -4.43. The Kier molecular flexibility index (Phi) is 21.9. The summed E-state index contributed by atoms with van der Waals surface area (Å²) in [6, 6.07) is -5.16. The van der Waals surface area contributed by atoms with E-state index in [2.05, 4.69) is 37.2 Å². The van der Waals surface area contributed by atoms with Crippen LogP contribution in [0.4, 0.5) is 0 Å². The molecule has 0 aromatic carbocycles. The predicted octanol–water partition coefficient (Wildman–Crippen LogP) is -14.2. The van der Waals surface area contributed by atoms with E-state index in [4.69, 9.17) is 28.4 Å². The first-order chi connectivity index (χ1) is 32.2. The maximum atomic E-state index is 13.7. The second-order valence-corrected chi connectivity index (χ2v) is 15.7. The second-order valence-electron chi connectivity index (χ2n) is 15.7. The van der Waals surface area contributed by atoms with Gasteiger partial charge in [0.2, 0.25) is 41.4 Å². The van der Waals surface area contributed by atoms with Crippen LogP contribution in [0.15, 0.2) is 0 Å². The molecular weight excluding hydrogens is 930 g/mol. The number of nitrogens with one attached hydrogen (secondary N) is 7. The van der Waals surface area contributed by atoms with E-state index in [1.165, 1.54) is 0 Å². The highest BCUT2D eigenvalue weighted by Crippen LogP contribution is 2.24. The Morgan fingerprint density at radius 1 is 0.456 bits per heavy atom. The van der Waals surface area contributed by atoms with Crippen LogP contribution in [0, 0.1) is 0 Å². The number of aliphatic hydroxyl groups is 12. The summed E-state index contributed by atoms with van der Waals surface area (Å²) >= 11 is 0. The van der Waals surface area contributed by atoms with Crippen molar-refractivity contribution in [3.8, 4) is 0 Å². The third kappa shape index (κ3) is 15.3. The zero-order valence-corrected chi connectivity index (χ0v) is 35.8. The van der Waals surface area contributed by atoms with Gasteiger partial charge in [0, 0.05) is 32.6 Å². The molecular formula is C36H59N7O25. The number of hydrogen-bond donors (Lipinski definition) is 19. The molecule has 4 fully saturated rings. The zero-order valence-electron chi connectivity index (χ0n) is 35.8. The molecule has 388 valence electrons. The predicted molar refractivity (Wildman–Crippen MR) is 212 cm³/mol. The van der Waals surface area contributed by atoms with Gasteiger partial charge >= 0.3 is 0 Å². The number of hydrogen-bond acceptors (Lipinski definition) is 25. The molecule has 4 aliphatic rings. The van der Waals surface area contributed by atoms with Crippen LogP contribution in [-0.2, 0) is 62.0 Å². The molecule has 4 aliphatic heterocycles. The van der Waals surface area contributed by atoms with Gasteiger partial charge in [0.15, 0.2) is 18.9 Å². The van der Waals surface area contributed by atoms with Crippen molar-refractivity contribution in [2.75, 3.05) is 65.8 Å². The highest BCUT2D eigenvalue weighted by molar-refractivity contribution is 5.93. The van der Waals surface area contributed by atoms with Crippen molar-refractivity contribution < 1.29 is 123 Å². The van der Waals surface area contributed by atoms with Crippen LogP contribution >= 0.6 is 0 Å². The Morgan fingerprint density at radius 3 is 1.06 bits per heavy atom. The molecule has 0 saturated carbocycles. The Bertz CT molecular complexity index is 1660. The monoisotopic (exact) mass is 989 g/mol. The van der Waals surface area contributed by atoms with E-state index in [9.17, 15) is 94.8 Å². The Morgan fingerprint density at radius 2 is 0.750 bits per heavy atom. The molecule has 0 radical (unpaired) electrons. The lowest BCUT2D eigenvalue weighted by molar-refractivity contribution is -0.299. The molecule has 0 unspecified atom stereocenters. The van der Waals surface area contributed by atoms with E-state index < -0.39 is 224 Å². The van der Waals surface area contributed by atoms with Gasteiger partial charge in [0.25, 0.3) is 0 Å². The van der Waals surface area contributed by atoms with Gasteiger partial charge in [0.1, 0.15) is 111 Å². The number of carbonyl (C=O) groups is 7. The zero-order chi connectivity index (χ0) is 50.4. The molecule has 0 bridgehead atoms. The molecule has 32 nitrogen and oxygen atoms in total. The van der Waals surface area contributed by atoms with Crippen molar-refractivity contribution >= 4 is 41.4 Å². The SMILES string of the molecule is O=C1CCNC(=O)[C@@H](NC(=O)CO[C@@H]2O[C@H](CO)[C@@H](O)[C@H](O)[C@H]2O)CNC(=O)[C@@H](NC(=O)CO[C@@H]2O[C@H](CO)[C@H](O)[C@H](O)[C@H]2O)CNC(=O)[C@@H](NC(=O)CO[C@H]2O[C@H](CO)[C@@H](O)[C@H](O)[C@@H]2O)CN1. The molecule has 0 spiro atoms. The molecule has 4 saturated heterocycles. The van der Waals surface area contributed by atoms with Gasteiger partial charge < -0.3 is 127 Å². The van der Waals surface area contributed by atoms with Crippen LogP contribution in [0.1, 0.15) is 6.42 Å². The van der Waals surface area contributed by atoms with Gasteiger partial charge in [-0.15, -0.1) is 0 Å². The standard InChI is InChI=1S/C36H59N7O25/c44-6-15-22(51)25(54)28(57)34(66-15)63-9-19(48)41-12-3-38-18(47)1-2-37-31(60)13(42-20(49)10-64-35-29(58)26(55)23(52)16(7-45)67-35)4-39-33(62)14(5-40-32(12)61)43-21(50)11-65-36-30(59)27(56)24(53)17(8-46)68-36/h12-17,22-30,34-36,44-46,51-59H,1-11H2,(H,37,60)(H,38,47)(H,39,62)(H,40,61)(H,41,48)(H,42,49)(H,43,50)/t12-,13-,14-,15+,16+,17+,22+,23+,24-,25-,26-,27-,28-,29+,30+,34-,35+,36+/m0/s1. The average molecular weight is 990 g/mol. The minimum absolute atomic E-state index is 0.421. The van der Waals surface area contributed by atoms with Crippen molar-refractivity contribution in [1.82, 2.24) is 37.2 Å². The topological polar surface area (TPSA) is 502 Å². The summed E-state index contributed by atoms with van der Waals surface area (Å²) < 4.78 is 31.2. The molecule has 18 atom stereocenters. The van der Waals surface area contributed by atoms with Crippen LogP contribution in [0.3, 0.4) is 0 Å². The number of aliphatic hydroxyl groups excluding tert-OH is 12. The van der Waals surface area contributed by atoms with Crippen molar-refractivity contribution in [2.24, 2.45) is 0 Å². The Balaban J connectivity index is 1.48. The largest absolute Gasteiger partial charge is 0.394 e. The van der Waals surface area contributed by atoms with Gasteiger partial charge in [-0.25, -0.2) is 0 Å². The van der Waals surface area contributed by atoms with Crippen molar-refractivity contribution in [1.29, 1.82) is 0 Å². The van der Waals surface area contributed by atoms with Gasteiger partial charge in [0.05, 0.1) is 19.8 Å². The minimum atomic E-state index is -1.93. The molecule has 68 heavy (non-hydrogen) atoms. The van der Waals surface area contributed by atoms with Crippen LogP contribution in [-0.4, -0.2) is 279 Å². The fraction of sp³-hybridized carbons (Fsp3) is 0.806. The fourth-order valence-electron chi connectivity index (χ4n) is 6.80. The summed E-state index contributed by atoms with van der Waals surface area (Å²) in [5, 5.41) is 135. The third-order valence-electron chi connectivity index (χ3n) is 10.8. The number of rotatable bonds is 15.